The average Bonchev–Trinajstić information content (AvgIpc) is 2.34. The zero-order valence-electron chi connectivity index (χ0n) is 12.5. The molecule has 1 amide bonds. The molecule has 0 aromatic carbocycles. The standard InChI is InChI=1S/C15H23N3O/c1-7-8-18(11(4)5)15(19)13-9-16-14(10(2)3)17-12(13)6/h7,9-11H,1,8H2,2-6H3. The predicted molar refractivity (Wildman–Crippen MR) is 77.2 cm³/mol. The number of hydrogen-bond donors (Lipinski definition) is 0. The van der Waals surface area contributed by atoms with Gasteiger partial charge in [0.2, 0.25) is 0 Å². The first-order valence-corrected chi connectivity index (χ1v) is 6.63. The van der Waals surface area contributed by atoms with Crippen LogP contribution in [0.1, 0.15) is 55.5 Å². The molecule has 0 spiro atoms. The molecule has 1 heterocycles. The molecule has 0 aliphatic heterocycles. The van der Waals surface area contributed by atoms with Crippen molar-refractivity contribution in [3.05, 3.63) is 35.9 Å². The van der Waals surface area contributed by atoms with Crippen molar-refractivity contribution in [1.82, 2.24) is 14.9 Å². The molecule has 4 nitrogen and oxygen atoms in total. The highest BCUT2D eigenvalue weighted by molar-refractivity contribution is 5.95. The second-order valence-electron chi connectivity index (χ2n) is 5.22. The molecule has 0 aliphatic rings. The van der Waals surface area contributed by atoms with Crippen molar-refractivity contribution in [2.24, 2.45) is 0 Å². The third-order valence-corrected chi connectivity index (χ3v) is 2.95. The van der Waals surface area contributed by atoms with Crippen molar-refractivity contribution in [1.29, 1.82) is 0 Å². The van der Waals surface area contributed by atoms with E-state index in [0.29, 0.717) is 12.1 Å². The summed E-state index contributed by atoms with van der Waals surface area (Å²) in [7, 11) is 0. The molecule has 0 unspecified atom stereocenters. The summed E-state index contributed by atoms with van der Waals surface area (Å²) in [6.45, 7) is 14.1. The molecule has 0 radical (unpaired) electrons. The number of carbonyl (C=O) groups is 1. The van der Waals surface area contributed by atoms with E-state index in [9.17, 15) is 4.79 Å². The van der Waals surface area contributed by atoms with E-state index in [1.165, 1.54) is 0 Å². The molecule has 19 heavy (non-hydrogen) atoms. The molecule has 104 valence electrons. The highest BCUT2D eigenvalue weighted by atomic mass is 16.2. The van der Waals surface area contributed by atoms with Crippen LogP contribution in [0.25, 0.3) is 0 Å². The summed E-state index contributed by atoms with van der Waals surface area (Å²) in [5.41, 5.74) is 1.30. The Morgan fingerprint density at radius 1 is 1.42 bits per heavy atom. The summed E-state index contributed by atoms with van der Waals surface area (Å²) < 4.78 is 0. The van der Waals surface area contributed by atoms with Gasteiger partial charge in [-0.25, -0.2) is 9.97 Å². The largest absolute Gasteiger partial charge is 0.332 e. The molecule has 0 saturated carbocycles. The number of nitrogens with zero attached hydrogens (tertiary/aromatic N) is 3. The lowest BCUT2D eigenvalue weighted by Crippen LogP contribution is -2.37. The van der Waals surface area contributed by atoms with E-state index in [1.807, 2.05) is 34.6 Å². The summed E-state index contributed by atoms with van der Waals surface area (Å²) in [4.78, 5) is 22.9. The van der Waals surface area contributed by atoms with E-state index in [1.54, 1.807) is 17.2 Å². The van der Waals surface area contributed by atoms with Gasteiger partial charge in [-0.2, -0.15) is 0 Å². The van der Waals surface area contributed by atoms with Gasteiger partial charge in [-0.05, 0) is 20.8 Å². The third-order valence-electron chi connectivity index (χ3n) is 2.95. The Hall–Kier alpha value is -1.71. The predicted octanol–water partition coefficient (Wildman–Crippen LogP) is 2.95. The van der Waals surface area contributed by atoms with Crippen LogP contribution >= 0.6 is 0 Å². The first-order chi connectivity index (χ1) is 8.88. The Labute approximate surface area is 115 Å². The molecule has 0 bridgehead atoms. The minimum absolute atomic E-state index is 0.0392. The van der Waals surface area contributed by atoms with Gasteiger partial charge in [0.15, 0.2) is 0 Å². The lowest BCUT2D eigenvalue weighted by Gasteiger charge is -2.25. The van der Waals surface area contributed by atoms with Crippen LogP contribution < -0.4 is 0 Å². The lowest BCUT2D eigenvalue weighted by atomic mass is 10.1. The molecular weight excluding hydrogens is 238 g/mol. The van der Waals surface area contributed by atoms with Crippen LogP contribution in [0.5, 0.6) is 0 Å². The maximum Gasteiger partial charge on any atom is 0.257 e. The van der Waals surface area contributed by atoms with Crippen LogP contribution in [0.15, 0.2) is 18.9 Å². The molecule has 0 fully saturated rings. The van der Waals surface area contributed by atoms with Crippen molar-refractivity contribution >= 4 is 5.91 Å². The zero-order chi connectivity index (χ0) is 14.6. The maximum atomic E-state index is 12.5. The molecule has 0 aliphatic carbocycles. The van der Waals surface area contributed by atoms with Crippen LogP contribution in [0.2, 0.25) is 0 Å². The van der Waals surface area contributed by atoms with Crippen molar-refractivity contribution in [3.63, 3.8) is 0 Å². The van der Waals surface area contributed by atoms with E-state index >= 15 is 0 Å². The molecule has 1 rings (SSSR count). The molecule has 0 atom stereocenters. The highest BCUT2D eigenvalue weighted by Gasteiger charge is 2.20. The van der Waals surface area contributed by atoms with E-state index < -0.39 is 0 Å². The number of aryl methyl sites for hydroxylation is 1. The van der Waals surface area contributed by atoms with Crippen molar-refractivity contribution in [2.45, 2.75) is 46.6 Å². The molecule has 4 heteroatoms. The van der Waals surface area contributed by atoms with Crippen LogP contribution in [0.3, 0.4) is 0 Å². The Balaban J connectivity index is 3.08. The van der Waals surface area contributed by atoms with Crippen molar-refractivity contribution in [2.75, 3.05) is 6.54 Å². The molecule has 0 saturated heterocycles. The normalized spacial score (nSPS) is 10.9. The van der Waals surface area contributed by atoms with E-state index in [2.05, 4.69) is 16.5 Å². The fourth-order valence-corrected chi connectivity index (χ4v) is 1.80. The van der Waals surface area contributed by atoms with Gasteiger partial charge in [-0.15, -0.1) is 6.58 Å². The first kappa shape index (κ1) is 15.3. The van der Waals surface area contributed by atoms with E-state index in [4.69, 9.17) is 0 Å². The average molecular weight is 261 g/mol. The van der Waals surface area contributed by atoms with Crippen LogP contribution in [-0.4, -0.2) is 33.4 Å². The Morgan fingerprint density at radius 2 is 2.05 bits per heavy atom. The topological polar surface area (TPSA) is 46.1 Å². The van der Waals surface area contributed by atoms with E-state index in [0.717, 1.165) is 11.5 Å². The summed E-state index contributed by atoms with van der Waals surface area (Å²) in [5, 5.41) is 0. The number of rotatable bonds is 5. The van der Waals surface area contributed by atoms with Crippen molar-refractivity contribution < 1.29 is 4.79 Å². The second kappa shape index (κ2) is 6.45. The van der Waals surface area contributed by atoms with Crippen LogP contribution in [-0.2, 0) is 0 Å². The highest BCUT2D eigenvalue weighted by Crippen LogP contribution is 2.14. The lowest BCUT2D eigenvalue weighted by molar-refractivity contribution is 0.0727. The maximum absolute atomic E-state index is 12.5. The van der Waals surface area contributed by atoms with Gasteiger partial charge in [-0.1, -0.05) is 19.9 Å². The molecular formula is C15H23N3O. The Bertz CT molecular complexity index is 466. The summed E-state index contributed by atoms with van der Waals surface area (Å²) in [6, 6.07) is 0.120. The first-order valence-electron chi connectivity index (χ1n) is 6.63. The minimum Gasteiger partial charge on any atom is -0.332 e. The fraction of sp³-hybridized carbons (Fsp3) is 0.533. The third kappa shape index (κ3) is 3.63. The monoisotopic (exact) mass is 261 g/mol. The van der Waals surface area contributed by atoms with E-state index in [-0.39, 0.29) is 17.9 Å². The minimum atomic E-state index is -0.0392. The quantitative estimate of drug-likeness (QED) is 0.766. The van der Waals surface area contributed by atoms with Gasteiger partial charge >= 0.3 is 0 Å². The Kier molecular flexibility index (Phi) is 5.21. The van der Waals surface area contributed by atoms with Gasteiger partial charge in [0, 0.05) is 24.7 Å². The Morgan fingerprint density at radius 3 is 2.47 bits per heavy atom. The summed E-state index contributed by atoms with van der Waals surface area (Å²) in [5.74, 6) is 0.994. The molecule has 1 aromatic rings. The number of hydrogen-bond acceptors (Lipinski definition) is 3. The van der Waals surface area contributed by atoms with Gasteiger partial charge in [-0.3, -0.25) is 4.79 Å². The van der Waals surface area contributed by atoms with Crippen LogP contribution in [0.4, 0.5) is 0 Å². The number of aromatic nitrogens is 2. The zero-order valence-corrected chi connectivity index (χ0v) is 12.5. The fourth-order valence-electron chi connectivity index (χ4n) is 1.80. The number of amides is 1. The van der Waals surface area contributed by atoms with Crippen LogP contribution in [0, 0.1) is 6.92 Å². The van der Waals surface area contributed by atoms with Crippen molar-refractivity contribution in [3.8, 4) is 0 Å². The molecule has 0 N–H and O–H groups in total. The number of carbonyl (C=O) groups excluding carboxylic acids is 1. The molecule has 1 aromatic heterocycles. The van der Waals surface area contributed by atoms with Gasteiger partial charge in [0.05, 0.1) is 11.3 Å². The summed E-state index contributed by atoms with van der Waals surface area (Å²) >= 11 is 0. The second-order valence-corrected chi connectivity index (χ2v) is 5.22. The summed E-state index contributed by atoms with van der Waals surface area (Å²) in [6.07, 6.45) is 3.37. The van der Waals surface area contributed by atoms with Gasteiger partial charge < -0.3 is 4.90 Å². The smallest absolute Gasteiger partial charge is 0.257 e. The van der Waals surface area contributed by atoms with Gasteiger partial charge in [0.25, 0.3) is 5.91 Å². The van der Waals surface area contributed by atoms with Gasteiger partial charge in [0.1, 0.15) is 5.82 Å². The SMILES string of the molecule is C=CCN(C(=O)c1cnc(C(C)C)nc1C)C(C)C.